The van der Waals surface area contributed by atoms with Gasteiger partial charge in [0.1, 0.15) is 0 Å². The molecule has 4 heteroatoms. The van der Waals surface area contributed by atoms with Gasteiger partial charge >= 0.3 is 0 Å². The Morgan fingerprint density at radius 3 is 2.83 bits per heavy atom. The standard InChI is InChI=1S/C8H7N3O/c9-7-5-11-4-6(8(7)10)2-1-3-12/h3-5H,9H2,(H2,10,11). The lowest BCUT2D eigenvalue weighted by Crippen LogP contribution is -1.98. The predicted octanol–water partition coefficient (Wildman–Crippen LogP) is -0.204. The van der Waals surface area contributed by atoms with E-state index in [1.54, 1.807) is 0 Å². The van der Waals surface area contributed by atoms with Crippen LogP contribution in [0.5, 0.6) is 0 Å². The zero-order valence-corrected chi connectivity index (χ0v) is 6.24. The molecule has 0 spiro atoms. The largest absolute Gasteiger partial charge is 0.396 e. The first-order valence-corrected chi connectivity index (χ1v) is 3.20. The van der Waals surface area contributed by atoms with Gasteiger partial charge < -0.3 is 11.5 Å². The lowest BCUT2D eigenvalue weighted by atomic mass is 10.2. The fourth-order valence-electron chi connectivity index (χ4n) is 0.694. The second-order valence-electron chi connectivity index (χ2n) is 2.08. The molecule has 0 aromatic carbocycles. The van der Waals surface area contributed by atoms with Crippen molar-refractivity contribution < 1.29 is 4.79 Å². The topological polar surface area (TPSA) is 82.0 Å². The number of hydrogen-bond acceptors (Lipinski definition) is 4. The van der Waals surface area contributed by atoms with E-state index in [9.17, 15) is 4.79 Å². The Morgan fingerprint density at radius 2 is 2.17 bits per heavy atom. The van der Waals surface area contributed by atoms with Crippen molar-refractivity contribution in [2.24, 2.45) is 0 Å². The number of nitrogens with two attached hydrogens (primary N) is 2. The van der Waals surface area contributed by atoms with Crippen molar-refractivity contribution in [2.75, 3.05) is 11.5 Å². The minimum atomic E-state index is 0.361. The number of nitrogen functional groups attached to an aromatic ring is 2. The lowest BCUT2D eigenvalue weighted by molar-refractivity contribution is -0.103. The summed E-state index contributed by atoms with van der Waals surface area (Å²) in [5.41, 5.74) is 12.2. The van der Waals surface area contributed by atoms with Crippen LogP contribution in [-0.2, 0) is 4.79 Å². The van der Waals surface area contributed by atoms with E-state index in [0.29, 0.717) is 23.2 Å². The molecular formula is C8H7N3O. The van der Waals surface area contributed by atoms with Crippen molar-refractivity contribution in [3.63, 3.8) is 0 Å². The predicted molar refractivity (Wildman–Crippen MR) is 46.0 cm³/mol. The second kappa shape index (κ2) is 3.39. The molecule has 12 heavy (non-hydrogen) atoms. The van der Waals surface area contributed by atoms with Crippen LogP contribution in [0.1, 0.15) is 5.56 Å². The summed E-state index contributed by atoms with van der Waals surface area (Å²) < 4.78 is 0. The van der Waals surface area contributed by atoms with E-state index in [4.69, 9.17) is 11.5 Å². The van der Waals surface area contributed by atoms with Crippen LogP contribution in [0, 0.1) is 11.8 Å². The van der Waals surface area contributed by atoms with Crippen LogP contribution in [0.25, 0.3) is 0 Å². The highest BCUT2D eigenvalue weighted by Gasteiger charge is 1.98. The van der Waals surface area contributed by atoms with E-state index in [1.165, 1.54) is 12.4 Å². The van der Waals surface area contributed by atoms with Gasteiger partial charge in [0.2, 0.25) is 0 Å². The first kappa shape index (κ1) is 8.08. The number of nitrogens with zero attached hydrogens (tertiary/aromatic N) is 1. The summed E-state index contributed by atoms with van der Waals surface area (Å²) >= 11 is 0. The Labute approximate surface area is 69.6 Å². The molecule has 0 fully saturated rings. The van der Waals surface area contributed by atoms with Crippen LogP contribution in [0.4, 0.5) is 11.4 Å². The Morgan fingerprint density at radius 1 is 1.42 bits per heavy atom. The SMILES string of the molecule is Nc1cncc(C#CC=O)c1N. The first-order chi connectivity index (χ1) is 5.75. The molecule has 0 aliphatic rings. The summed E-state index contributed by atoms with van der Waals surface area (Å²) in [6, 6.07) is 0. The maximum atomic E-state index is 9.91. The fourth-order valence-corrected chi connectivity index (χ4v) is 0.694. The molecule has 1 aromatic heterocycles. The van der Waals surface area contributed by atoms with E-state index in [-0.39, 0.29) is 0 Å². The number of anilines is 2. The minimum absolute atomic E-state index is 0.361. The van der Waals surface area contributed by atoms with Crippen LogP contribution in [0.15, 0.2) is 12.4 Å². The Hall–Kier alpha value is -2.02. The maximum absolute atomic E-state index is 9.91. The molecule has 0 bridgehead atoms. The molecule has 0 unspecified atom stereocenters. The van der Waals surface area contributed by atoms with E-state index in [0.717, 1.165) is 0 Å². The van der Waals surface area contributed by atoms with Gasteiger partial charge in [-0.15, -0.1) is 0 Å². The van der Waals surface area contributed by atoms with Crippen molar-refractivity contribution in [1.29, 1.82) is 0 Å². The summed E-state index contributed by atoms with van der Waals surface area (Å²) in [5, 5.41) is 0. The molecule has 0 radical (unpaired) electrons. The molecule has 4 nitrogen and oxygen atoms in total. The molecule has 1 rings (SSSR count). The molecular weight excluding hydrogens is 154 g/mol. The second-order valence-corrected chi connectivity index (χ2v) is 2.08. The molecule has 1 aromatic rings. The molecule has 0 aliphatic carbocycles. The van der Waals surface area contributed by atoms with Crippen LogP contribution in [0.3, 0.4) is 0 Å². The Bertz CT molecular complexity index is 362. The fraction of sp³-hybridized carbons (Fsp3) is 0. The molecule has 0 aliphatic heterocycles. The molecule has 0 amide bonds. The van der Waals surface area contributed by atoms with E-state index in [2.05, 4.69) is 16.8 Å². The highest BCUT2D eigenvalue weighted by Crippen LogP contribution is 2.15. The number of hydrogen-bond donors (Lipinski definition) is 2. The first-order valence-electron chi connectivity index (χ1n) is 3.20. The van der Waals surface area contributed by atoms with Gasteiger partial charge in [0.05, 0.1) is 23.1 Å². The van der Waals surface area contributed by atoms with Crippen LogP contribution in [0.2, 0.25) is 0 Å². The van der Waals surface area contributed by atoms with Gasteiger partial charge in [0, 0.05) is 6.20 Å². The van der Waals surface area contributed by atoms with Crippen molar-refractivity contribution in [2.45, 2.75) is 0 Å². The van der Waals surface area contributed by atoms with Gasteiger partial charge in [-0.3, -0.25) is 9.78 Å². The Balaban J connectivity index is 3.16. The number of pyridine rings is 1. The third-order valence-corrected chi connectivity index (χ3v) is 1.28. The van der Waals surface area contributed by atoms with Gasteiger partial charge in [-0.05, 0) is 5.92 Å². The molecule has 0 atom stereocenters. The minimum Gasteiger partial charge on any atom is -0.396 e. The highest BCUT2D eigenvalue weighted by atomic mass is 16.1. The zero-order valence-electron chi connectivity index (χ0n) is 6.24. The molecule has 1 heterocycles. The average molecular weight is 161 g/mol. The average Bonchev–Trinajstić information content (AvgIpc) is 2.08. The molecule has 60 valence electrons. The maximum Gasteiger partial charge on any atom is 0.193 e. The van der Waals surface area contributed by atoms with Gasteiger partial charge in [-0.1, -0.05) is 5.92 Å². The molecule has 0 saturated carbocycles. The van der Waals surface area contributed by atoms with Crippen molar-refractivity contribution in [1.82, 2.24) is 4.98 Å². The van der Waals surface area contributed by atoms with Gasteiger partial charge in [0.15, 0.2) is 6.29 Å². The summed E-state index contributed by atoms with van der Waals surface area (Å²) in [6.45, 7) is 0. The van der Waals surface area contributed by atoms with Crippen molar-refractivity contribution in [3.8, 4) is 11.8 Å². The van der Waals surface area contributed by atoms with Crippen LogP contribution < -0.4 is 11.5 Å². The Kier molecular flexibility index (Phi) is 2.29. The normalized spacial score (nSPS) is 8.33. The number of aromatic nitrogens is 1. The van der Waals surface area contributed by atoms with Crippen molar-refractivity contribution >= 4 is 17.7 Å². The number of carbonyl (C=O) groups excluding carboxylic acids is 1. The number of aldehydes is 1. The summed E-state index contributed by atoms with van der Waals surface area (Å²) in [4.78, 5) is 13.7. The quantitative estimate of drug-likeness (QED) is 0.407. The third kappa shape index (κ3) is 1.52. The van der Waals surface area contributed by atoms with Gasteiger partial charge in [-0.2, -0.15) is 0 Å². The highest BCUT2D eigenvalue weighted by molar-refractivity contribution is 5.77. The molecule has 0 saturated heterocycles. The summed E-state index contributed by atoms with van der Waals surface area (Å²) in [6.07, 6.45) is 3.38. The number of carbonyl (C=O) groups is 1. The smallest absolute Gasteiger partial charge is 0.193 e. The van der Waals surface area contributed by atoms with E-state index < -0.39 is 0 Å². The van der Waals surface area contributed by atoms with Gasteiger partial charge in [0.25, 0.3) is 0 Å². The van der Waals surface area contributed by atoms with Crippen LogP contribution >= 0.6 is 0 Å². The monoisotopic (exact) mass is 161 g/mol. The summed E-state index contributed by atoms with van der Waals surface area (Å²) in [7, 11) is 0. The third-order valence-electron chi connectivity index (χ3n) is 1.28. The number of rotatable bonds is 0. The van der Waals surface area contributed by atoms with Gasteiger partial charge in [-0.25, -0.2) is 0 Å². The van der Waals surface area contributed by atoms with E-state index >= 15 is 0 Å². The van der Waals surface area contributed by atoms with Crippen molar-refractivity contribution in [3.05, 3.63) is 18.0 Å². The molecule has 4 N–H and O–H groups in total. The van der Waals surface area contributed by atoms with E-state index in [1.807, 2.05) is 0 Å². The van der Waals surface area contributed by atoms with Crippen LogP contribution in [-0.4, -0.2) is 11.3 Å². The summed E-state index contributed by atoms with van der Waals surface area (Å²) in [5.74, 6) is 4.74. The zero-order chi connectivity index (χ0) is 8.97. The lowest BCUT2D eigenvalue weighted by Gasteiger charge is -1.99.